The minimum atomic E-state index is -0.0274. The number of nitrogens with one attached hydrogen (secondary N) is 1. The van der Waals surface area contributed by atoms with Gasteiger partial charge in [-0.15, -0.1) is 0 Å². The van der Waals surface area contributed by atoms with Crippen LogP contribution in [0.3, 0.4) is 0 Å². The number of hydrogen-bond donors (Lipinski definition) is 2. The normalized spacial score (nSPS) is 10.1. The molecule has 0 bridgehead atoms. The molecule has 88 valence electrons. The van der Waals surface area contributed by atoms with Crippen LogP contribution in [0.1, 0.15) is 29.6 Å². The standard InChI is InChI=1S/C12H16INO2/c13-11-6-4-10(5-7-11)12(16)14-8-2-1-3-9-15/h4-7,15H,1-3,8-9H2,(H,14,16). The smallest absolute Gasteiger partial charge is 0.251 e. The van der Waals surface area contributed by atoms with Gasteiger partial charge in [-0.1, -0.05) is 0 Å². The number of aliphatic hydroxyl groups excluding tert-OH is 1. The number of carbonyl (C=O) groups is 1. The van der Waals surface area contributed by atoms with Crippen LogP contribution in [0.2, 0.25) is 0 Å². The maximum atomic E-state index is 11.6. The van der Waals surface area contributed by atoms with Gasteiger partial charge in [-0.2, -0.15) is 0 Å². The molecule has 0 saturated carbocycles. The Kier molecular flexibility index (Phi) is 6.40. The molecule has 1 aromatic rings. The molecule has 0 fully saturated rings. The first-order valence-electron chi connectivity index (χ1n) is 5.38. The minimum Gasteiger partial charge on any atom is -0.396 e. The number of halogens is 1. The molecule has 0 aliphatic rings. The van der Waals surface area contributed by atoms with E-state index < -0.39 is 0 Å². The van der Waals surface area contributed by atoms with E-state index in [1.54, 1.807) is 0 Å². The first-order chi connectivity index (χ1) is 7.74. The van der Waals surface area contributed by atoms with E-state index in [2.05, 4.69) is 27.9 Å². The number of rotatable bonds is 6. The molecule has 4 heteroatoms. The first kappa shape index (κ1) is 13.4. The minimum absolute atomic E-state index is 0.0274. The Morgan fingerprint density at radius 2 is 1.88 bits per heavy atom. The van der Waals surface area contributed by atoms with Crippen molar-refractivity contribution in [1.82, 2.24) is 5.32 Å². The molecule has 1 rings (SSSR count). The zero-order valence-electron chi connectivity index (χ0n) is 9.08. The second kappa shape index (κ2) is 7.62. The summed E-state index contributed by atoms with van der Waals surface area (Å²) in [5.74, 6) is -0.0274. The van der Waals surface area contributed by atoms with E-state index in [4.69, 9.17) is 5.11 Å². The Morgan fingerprint density at radius 3 is 2.50 bits per heavy atom. The van der Waals surface area contributed by atoms with E-state index in [9.17, 15) is 4.79 Å². The Labute approximate surface area is 109 Å². The molecule has 1 amide bonds. The quantitative estimate of drug-likeness (QED) is 0.619. The summed E-state index contributed by atoms with van der Waals surface area (Å²) in [6, 6.07) is 7.48. The summed E-state index contributed by atoms with van der Waals surface area (Å²) in [5, 5.41) is 11.4. The number of hydrogen-bond acceptors (Lipinski definition) is 2. The number of carbonyl (C=O) groups excluding carboxylic acids is 1. The summed E-state index contributed by atoms with van der Waals surface area (Å²) in [5.41, 5.74) is 0.697. The lowest BCUT2D eigenvalue weighted by Crippen LogP contribution is -2.24. The third-order valence-corrected chi connectivity index (χ3v) is 2.95. The van der Waals surface area contributed by atoms with Gasteiger partial charge in [-0.05, 0) is 66.1 Å². The number of unbranched alkanes of at least 4 members (excludes halogenated alkanes) is 2. The van der Waals surface area contributed by atoms with E-state index in [1.165, 1.54) is 0 Å². The molecule has 0 heterocycles. The highest BCUT2D eigenvalue weighted by Crippen LogP contribution is 2.06. The highest BCUT2D eigenvalue weighted by molar-refractivity contribution is 14.1. The van der Waals surface area contributed by atoms with Crippen LogP contribution in [0, 0.1) is 3.57 Å². The van der Waals surface area contributed by atoms with E-state index >= 15 is 0 Å². The molecule has 0 atom stereocenters. The summed E-state index contributed by atoms with van der Waals surface area (Å²) in [4.78, 5) is 11.6. The van der Waals surface area contributed by atoms with E-state index in [0.29, 0.717) is 12.1 Å². The molecule has 0 aliphatic heterocycles. The van der Waals surface area contributed by atoms with Gasteiger partial charge >= 0.3 is 0 Å². The lowest BCUT2D eigenvalue weighted by atomic mass is 10.2. The van der Waals surface area contributed by atoms with Gasteiger partial charge in [0.1, 0.15) is 0 Å². The predicted octanol–water partition coefficient (Wildman–Crippen LogP) is 2.18. The molecule has 0 saturated heterocycles. The molecule has 0 unspecified atom stereocenters. The third kappa shape index (κ3) is 4.94. The lowest BCUT2D eigenvalue weighted by molar-refractivity contribution is 0.0953. The van der Waals surface area contributed by atoms with Crippen LogP contribution in [-0.4, -0.2) is 24.2 Å². The third-order valence-electron chi connectivity index (χ3n) is 2.23. The maximum absolute atomic E-state index is 11.6. The molecular weight excluding hydrogens is 317 g/mol. The van der Waals surface area contributed by atoms with Crippen LogP contribution >= 0.6 is 22.6 Å². The fourth-order valence-corrected chi connectivity index (χ4v) is 1.68. The highest BCUT2D eigenvalue weighted by atomic mass is 127. The van der Waals surface area contributed by atoms with Gasteiger partial charge in [-0.3, -0.25) is 4.79 Å². The monoisotopic (exact) mass is 333 g/mol. The second-order valence-corrected chi connectivity index (χ2v) is 4.79. The zero-order chi connectivity index (χ0) is 11.8. The molecular formula is C12H16INO2. The molecule has 3 nitrogen and oxygen atoms in total. The predicted molar refractivity (Wildman–Crippen MR) is 72.4 cm³/mol. The van der Waals surface area contributed by atoms with E-state index in [1.807, 2.05) is 24.3 Å². The summed E-state index contributed by atoms with van der Waals surface area (Å²) < 4.78 is 1.12. The molecule has 16 heavy (non-hydrogen) atoms. The molecule has 0 aliphatic carbocycles. The molecule has 2 N–H and O–H groups in total. The average Bonchev–Trinajstić information content (AvgIpc) is 2.29. The van der Waals surface area contributed by atoms with Crippen LogP contribution < -0.4 is 5.32 Å². The topological polar surface area (TPSA) is 49.3 Å². The Hall–Kier alpha value is -0.620. The van der Waals surface area contributed by atoms with Crippen molar-refractivity contribution in [2.45, 2.75) is 19.3 Å². The Morgan fingerprint density at radius 1 is 1.19 bits per heavy atom. The van der Waals surface area contributed by atoms with Crippen molar-refractivity contribution < 1.29 is 9.90 Å². The number of benzene rings is 1. The summed E-state index contributed by atoms with van der Waals surface area (Å²) >= 11 is 2.21. The fraction of sp³-hybridized carbons (Fsp3) is 0.417. The summed E-state index contributed by atoms with van der Waals surface area (Å²) in [6.45, 7) is 0.899. The SMILES string of the molecule is O=C(NCCCCCO)c1ccc(I)cc1. The van der Waals surface area contributed by atoms with Gasteiger partial charge in [-0.25, -0.2) is 0 Å². The van der Waals surface area contributed by atoms with Crippen molar-refractivity contribution in [3.63, 3.8) is 0 Å². The van der Waals surface area contributed by atoms with Crippen molar-refractivity contribution in [3.8, 4) is 0 Å². The number of amides is 1. The van der Waals surface area contributed by atoms with Gasteiger partial charge in [0.05, 0.1) is 0 Å². The highest BCUT2D eigenvalue weighted by Gasteiger charge is 2.03. The molecule has 0 radical (unpaired) electrons. The van der Waals surface area contributed by atoms with Crippen molar-refractivity contribution in [3.05, 3.63) is 33.4 Å². The van der Waals surface area contributed by atoms with Gasteiger partial charge in [0.2, 0.25) is 0 Å². The Balaban J connectivity index is 2.27. The van der Waals surface area contributed by atoms with E-state index in [-0.39, 0.29) is 12.5 Å². The average molecular weight is 333 g/mol. The van der Waals surface area contributed by atoms with Crippen LogP contribution in [0.5, 0.6) is 0 Å². The molecule has 0 spiro atoms. The molecule has 0 aromatic heterocycles. The van der Waals surface area contributed by atoms with Crippen molar-refractivity contribution in [1.29, 1.82) is 0 Å². The van der Waals surface area contributed by atoms with Crippen molar-refractivity contribution in [2.24, 2.45) is 0 Å². The van der Waals surface area contributed by atoms with Crippen LogP contribution in [0.15, 0.2) is 24.3 Å². The number of aliphatic hydroxyl groups is 1. The van der Waals surface area contributed by atoms with Crippen LogP contribution in [0.4, 0.5) is 0 Å². The largest absolute Gasteiger partial charge is 0.396 e. The van der Waals surface area contributed by atoms with Gasteiger partial charge in [0.15, 0.2) is 0 Å². The van der Waals surface area contributed by atoms with E-state index in [0.717, 1.165) is 22.8 Å². The van der Waals surface area contributed by atoms with Gasteiger partial charge in [0.25, 0.3) is 5.91 Å². The van der Waals surface area contributed by atoms with Gasteiger partial charge < -0.3 is 10.4 Å². The van der Waals surface area contributed by atoms with Crippen molar-refractivity contribution >= 4 is 28.5 Å². The lowest BCUT2D eigenvalue weighted by Gasteiger charge is -2.04. The zero-order valence-corrected chi connectivity index (χ0v) is 11.2. The maximum Gasteiger partial charge on any atom is 0.251 e. The van der Waals surface area contributed by atoms with Crippen LogP contribution in [0.25, 0.3) is 0 Å². The first-order valence-corrected chi connectivity index (χ1v) is 6.46. The summed E-state index contributed by atoms with van der Waals surface area (Å²) in [7, 11) is 0. The fourth-order valence-electron chi connectivity index (χ4n) is 1.32. The summed E-state index contributed by atoms with van der Waals surface area (Å²) in [6.07, 6.45) is 2.67. The second-order valence-electron chi connectivity index (χ2n) is 3.55. The van der Waals surface area contributed by atoms with Gasteiger partial charge in [0, 0.05) is 22.3 Å². The van der Waals surface area contributed by atoms with Crippen LogP contribution in [-0.2, 0) is 0 Å². The Bertz CT molecular complexity index is 324. The van der Waals surface area contributed by atoms with Crippen molar-refractivity contribution in [2.75, 3.05) is 13.2 Å². The molecule has 1 aromatic carbocycles.